The van der Waals surface area contributed by atoms with Gasteiger partial charge in [-0.1, -0.05) is 6.92 Å². The lowest BCUT2D eigenvalue weighted by atomic mass is 9.89. The minimum absolute atomic E-state index is 0.0667. The molecular formula is C15H21NO3S. The van der Waals surface area contributed by atoms with Gasteiger partial charge in [0.2, 0.25) is 5.91 Å². The van der Waals surface area contributed by atoms with E-state index >= 15 is 0 Å². The van der Waals surface area contributed by atoms with Gasteiger partial charge >= 0.3 is 0 Å². The summed E-state index contributed by atoms with van der Waals surface area (Å²) in [5.74, 6) is 1.36. The van der Waals surface area contributed by atoms with E-state index in [1.807, 2.05) is 31.2 Å². The van der Waals surface area contributed by atoms with E-state index in [1.165, 1.54) is 11.8 Å². The number of thioether (sulfide) groups is 1. The second kappa shape index (κ2) is 6.99. The topological polar surface area (TPSA) is 47.6 Å². The Bertz CT molecular complexity index is 443. The van der Waals surface area contributed by atoms with Gasteiger partial charge in [0.25, 0.3) is 0 Å². The highest BCUT2D eigenvalue weighted by atomic mass is 32.2. The molecule has 1 heterocycles. The van der Waals surface area contributed by atoms with Crippen LogP contribution in [0.5, 0.6) is 5.75 Å². The van der Waals surface area contributed by atoms with Crippen LogP contribution in [0.25, 0.3) is 0 Å². The first kappa shape index (κ1) is 15.2. The third kappa shape index (κ3) is 4.42. The average Bonchev–Trinajstić information content (AvgIpc) is 2.42. The Balaban J connectivity index is 1.69. The number of ether oxygens (including phenoxy) is 2. The van der Waals surface area contributed by atoms with Crippen LogP contribution in [-0.4, -0.2) is 38.0 Å². The van der Waals surface area contributed by atoms with Crippen molar-refractivity contribution in [3.63, 3.8) is 0 Å². The molecule has 0 aliphatic carbocycles. The maximum atomic E-state index is 11.8. The summed E-state index contributed by atoms with van der Waals surface area (Å²) in [4.78, 5) is 12.8. The fraction of sp³-hybridized carbons (Fsp3) is 0.533. The fourth-order valence-corrected chi connectivity index (χ4v) is 2.59. The number of hydrogen-bond acceptors (Lipinski definition) is 4. The van der Waals surface area contributed by atoms with Gasteiger partial charge in [0.05, 0.1) is 25.6 Å². The van der Waals surface area contributed by atoms with Gasteiger partial charge in [0.1, 0.15) is 5.75 Å². The van der Waals surface area contributed by atoms with Gasteiger partial charge in [-0.3, -0.25) is 4.79 Å². The van der Waals surface area contributed by atoms with Crippen LogP contribution < -0.4 is 10.1 Å². The van der Waals surface area contributed by atoms with E-state index in [2.05, 4.69) is 12.2 Å². The SMILES string of the molecule is CCOc1ccc(SCC(=O)NCC2(C)COC2)cc1. The zero-order valence-electron chi connectivity index (χ0n) is 12.0. The van der Waals surface area contributed by atoms with Crippen LogP contribution in [-0.2, 0) is 9.53 Å². The minimum Gasteiger partial charge on any atom is -0.494 e. The second-order valence-electron chi connectivity index (χ2n) is 5.27. The molecule has 1 aromatic carbocycles. The average molecular weight is 295 g/mol. The predicted octanol–water partition coefficient (Wildman–Crippen LogP) is 2.33. The Morgan fingerprint density at radius 2 is 2.10 bits per heavy atom. The Morgan fingerprint density at radius 3 is 2.65 bits per heavy atom. The minimum atomic E-state index is 0.0667. The second-order valence-corrected chi connectivity index (χ2v) is 6.32. The molecule has 0 bridgehead atoms. The number of carbonyl (C=O) groups excluding carboxylic acids is 1. The van der Waals surface area contributed by atoms with Crippen molar-refractivity contribution in [1.82, 2.24) is 5.32 Å². The van der Waals surface area contributed by atoms with Crippen molar-refractivity contribution in [3.05, 3.63) is 24.3 Å². The van der Waals surface area contributed by atoms with Crippen LogP contribution in [0.15, 0.2) is 29.2 Å². The summed E-state index contributed by atoms with van der Waals surface area (Å²) in [5.41, 5.74) is 0.124. The summed E-state index contributed by atoms with van der Waals surface area (Å²) in [6.45, 7) is 6.91. The van der Waals surface area contributed by atoms with Crippen molar-refractivity contribution in [2.75, 3.05) is 32.1 Å². The Kier molecular flexibility index (Phi) is 5.31. The fourth-order valence-electron chi connectivity index (χ4n) is 1.86. The maximum absolute atomic E-state index is 11.8. The van der Waals surface area contributed by atoms with Gasteiger partial charge in [-0.25, -0.2) is 0 Å². The smallest absolute Gasteiger partial charge is 0.230 e. The molecule has 1 aliphatic rings. The van der Waals surface area contributed by atoms with E-state index in [9.17, 15) is 4.79 Å². The third-order valence-corrected chi connectivity index (χ3v) is 4.13. The molecule has 1 aliphatic heterocycles. The molecule has 0 spiro atoms. The van der Waals surface area contributed by atoms with Crippen LogP contribution in [0.2, 0.25) is 0 Å². The van der Waals surface area contributed by atoms with Crippen LogP contribution in [0, 0.1) is 5.41 Å². The zero-order chi connectivity index (χ0) is 14.4. The molecule has 0 atom stereocenters. The van der Waals surface area contributed by atoms with Crippen molar-refractivity contribution in [2.24, 2.45) is 5.41 Å². The zero-order valence-corrected chi connectivity index (χ0v) is 12.8. The number of carbonyl (C=O) groups is 1. The Hall–Kier alpha value is -1.20. The highest BCUT2D eigenvalue weighted by molar-refractivity contribution is 8.00. The van der Waals surface area contributed by atoms with Gasteiger partial charge in [-0.05, 0) is 31.2 Å². The largest absolute Gasteiger partial charge is 0.494 e. The number of nitrogens with one attached hydrogen (secondary N) is 1. The first-order valence-electron chi connectivity index (χ1n) is 6.81. The molecule has 2 rings (SSSR count). The van der Waals surface area contributed by atoms with E-state index in [-0.39, 0.29) is 11.3 Å². The van der Waals surface area contributed by atoms with Crippen molar-refractivity contribution < 1.29 is 14.3 Å². The number of amides is 1. The van der Waals surface area contributed by atoms with E-state index in [4.69, 9.17) is 9.47 Å². The third-order valence-electron chi connectivity index (χ3n) is 3.12. The van der Waals surface area contributed by atoms with E-state index < -0.39 is 0 Å². The Morgan fingerprint density at radius 1 is 1.40 bits per heavy atom. The van der Waals surface area contributed by atoms with Gasteiger partial charge in [-0.2, -0.15) is 0 Å². The molecule has 1 aromatic rings. The lowest BCUT2D eigenvalue weighted by molar-refractivity contribution is -0.124. The first-order valence-corrected chi connectivity index (χ1v) is 7.80. The Labute approximate surface area is 124 Å². The molecular weight excluding hydrogens is 274 g/mol. The van der Waals surface area contributed by atoms with Crippen LogP contribution in [0.1, 0.15) is 13.8 Å². The molecule has 5 heteroatoms. The van der Waals surface area contributed by atoms with E-state index in [0.717, 1.165) is 23.9 Å². The van der Waals surface area contributed by atoms with Gasteiger partial charge in [0.15, 0.2) is 0 Å². The summed E-state index contributed by atoms with van der Waals surface area (Å²) in [5, 5.41) is 2.96. The molecule has 0 radical (unpaired) electrons. The molecule has 0 saturated carbocycles. The number of hydrogen-bond donors (Lipinski definition) is 1. The van der Waals surface area contributed by atoms with Crippen molar-refractivity contribution in [1.29, 1.82) is 0 Å². The predicted molar refractivity (Wildman–Crippen MR) is 80.3 cm³/mol. The van der Waals surface area contributed by atoms with E-state index in [1.54, 1.807) is 0 Å². The molecule has 0 unspecified atom stereocenters. The number of rotatable bonds is 7. The first-order chi connectivity index (χ1) is 9.61. The summed E-state index contributed by atoms with van der Waals surface area (Å²) in [6.07, 6.45) is 0. The molecule has 1 N–H and O–H groups in total. The van der Waals surface area contributed by atoms with E-state index in [0.29, 0.717) is 18.9 Å². The highest BCUT2D eigenvalue weighted by Crippen LogP contribution is 2.25. The molecule has 1 saturated heterocycles. The summed E-state index contributed by atoms with van der Waals surface area (Å²) >= 11 is 1.53. The quantitative estimate of drug-likeness (QED) is 0.784. The lowest BCUT2D eigenvalue weighted by Crippen LogP contribution is -2.48. The normalized spacial score (nSPS) is 16.3. The number of benzene rings is 1. The standard InChI is InChI=1S/C15H21NO3S/c1-3-19-12-4-6-13(7-5-12)20-8-14(17)16-9-15(2)10-18-11-15/h4-7H,3,8-11H2,1-2H3,(H,16,17). The van der Waals surface area contributed by atoms with Gasteiger partial charge < -0.3 is 14.8 Å². The molecule has 1 amide bonds. The van der Waals surface area contributed by atoms with Crippen molar-refractivity contribution in [3.8, 4) is 5.75 Å². The molecule has 1 fully saturated rings. The highest BCUT2D eigenvalue weighted by Gasteiger charge is 2.33. The molecule has 0 aromatic heterocycles. The van der Waals surface area contributed by atoms with Crippen molar-refractivity contribution in [2.45, 2.75) is 18.7 Å². The van der Waals surface area contributed by atoms with Crippen molar-refractivity contribution >= 4 is 17.7 Å². The summed E-state index contributed by atoms with van der Waals surface area (Å²) < 4.78 is 10.5. The van der Waals surface area contributed by atoms with Crippen LogP contribution >= 0.6 is 11.8 Å². The van der Waals surface area contributed by atoms with Gasteiger partial charge in [0, 0.05) is 16.9 Å². The van der Waals surface area contributed by atoms with Gasteiger partial charge in [-0.15, -0.1) is 11.8 Å². The summed E-state index contributed by atoms with van der Waals surface area (Å²) in [7, 11) is 0. The van der Waals surface area contributed by atoms with Crippen LogP contribution in [0.3, 0.4) is 0 Å². The maximum Gasteiger partial charge on any atom is 0.230 e. The molecule has 4 nitrogen and oxygen atoms in total. The molecule has 20 heavy (non-hydrogen) atoms. The summed E-state index contributed by atoms with van der Waals surface area (Å²) in [6, 6.07) is 7.81. The monoisotopic (exact) mass is 295 g/mol. The van der Waals surface area contributed by atoms with Crippen LogP contribution in [0.4, 0.5) is 0 Å². The lowest BCUT2D eigenvalue weighted by Gasteiger charge is -2.38. The molecule has 110 valence electrons.